The normalized spacial score (nSPS) is 14.0. The predicted octanol–water partition coefficient (Wildman–Crippen LogP) is 3.23. The van der Waals surface area contributed by atoms with Crippen LogP contribution in [0.5, 0.6) is 0 Å². The maximum absolute atomic E-state index is 12.4. The van der Waals surface area contributed by atoms with E-state index in [1.165, 1.54) is 0 Å². The third kappa shape index (κ3) is 5.04. The molecule has 17 heavy (non-hydrogen) atoms. The zero-order valence-corrected chi connectivity index (χ0v) is 11.0. The average Bonchev–Trinajstić information content (AvgIpc) is 2.28. The van der Waals surface area contributed by atoms with Crippen LogP contribution in [0.25, 0.3) is 0 Å². The molecule has 0 saturated carbocycles. The molecule has 1 rings (SSSR count). The zero-order valence-electron chi connectivity index (χ0n) is 9.41. The van der Waals surface area contributed by atoms with Crippen molar-refractivity contribution < 1.29 is 13.2 Å². The molecule has 2 nitrogen and oxygen atoms in total. The van der Waals surface area contributed by atoms with Crippen LogP contribution in [0.15, 0.2) is 24.5 Å². The number of halogens is 4. The average molecular weight is 311 g/mol. The van der Waals surface area contributed by atoms with Crippen LogP contribution in [0.1, 0.15) is 12.5 Å². The van der Waals surface area contributed by atoms with E-state index in [0.29, 0.717) is 13.1 Å². The van der Waals surface area contributed by atoms with Gasteiger partial charge in [0.2, 0.25) is 0 Å². The van der Waals surface area contributed by atoms with Crippen molar-refractivity contribution in [1.82, 2.24) is 9.88 Å². The van der Waals surface area contributed by atoms with Gasteiger partial charge in [-0.1, -0.05) is 22.9 Å². The van der Waals surface area contributed by atoms with Crippen LogP contribution in [0.4, 0.5) is 13.2 Å². The molecule has 6 heteroatoms. The second-order valence-corrected chi connectivity index (χ2v) is 4.80. The lowest BCUT2D eigenvalue weighted by Gasteiger charge is -2.24. The van der Waals surface area contributed by atoms with Crippen molar-refractivity contribution in [3.05, 3.63) is 30.1 Å². The number of aromatic nitrogens is 1. The molecule has 0 aliphatic carbocycles. The van der Waals surface area contributed by atoms with Gasteiger partial charge in [0.15, 0.2) is 0 Å². The Morgan fingerprint density at radius 3 is 2.41 bits per heavy atom. The molecule has 0 N–H and O–H groups in total. The first kappa shape index (κ1) is 14.4. The van der Waals surface area contributed by atoms with Crippen LogP contribution in [0.3, 0.4) is 0 Å². The molecule has 0 aromatic carbocycles. The van der Waals surface area contributed by atoms with Crippen molar-refractivity contribution >= 4 is 15.9 Å². The Morgan fingerprint density at radius 2 is 1.94 bits per heavy atom. The molecule has 0 spiro atoms. The summed E-state index contributed by atoms with van der Waals surface area (Å²) in [6, 6.07) is 3.61. The van der Waals surface area contributed by atoms with Crippen LogP contribution in [0, 0.1) is 0 Å². The molecule has 96 valence electrons. The van der Waals surface area contributed by atoms with Gasteiger partial charge in [0.1, 0.15) is 4.83 Å². The lowest BCUT2D eigenvalue weighted by molar-refractivity contribution is -0.130. The summed E-state index contributed by atoms with van der Waals surface area (Å²) in [7, 11) is 0. The highest BCUT2D eigenvalue weighted by Crippen LogP contribution is 2.27. The minimum Gasteiger partial charge on any atom is -0.298 e. The fourth-order valence-corrected chi connectivity index (χ4v) is 1.79. The first-order chi connectivity index (χ1) is 7.93. The largest absolute Gasteiger partial charge is 0.402 e. The van der Waals surface area contributed by atoms with E-state index in [2.05, 4.69) is 20.9 Å². The maximum atomic E-state index is 12.4. The SMILES string of the molecule is CCN(Cc1ccncc1)CC(Br)C(F)(F)F. The maximum Gasteiger partial charge on any atom is 0.402 e. The van der Waals surface area contributed by atoms with Gasteiger partial charge in [-0.25, -0.2) is 0 Å². The molecular weight excluding hydrogens is 297 g/mol. The van der Waals surface area contributed by atoms with Crippen molar-refractivity contribution in [3.8, 4) is 0 Å². The summed E-state index contributed by atoms with van der Waals surface area (Å²) in [5.74, 6) is 0. The number of hydrogen-bond donors (Lipinski definition) is 0. The molecule has 1 heterocycles. The summed E-state index contributed by atoms with van der Waals surface area (Å²) >= 11 is 2.67. The summed E-state index contributed by atoms with van der Waals surface area (Å²) in [5.41, 5.74) is 0.962. The number of alkyl halides is 4. The molecule has 0 saturated heterocycles. The Labute approximate surface area is 107 Å². The van der Waals surface area contributed by atoms with Crippen LogP contribution < -0.4 is 0 Å². The van der Waals surface area contributed by atoms with E-state index >= 15 is 0 Å². The molecule has 1 aromatic heterocycles. The topological polar surface area (TPSA) is 16.1 Å². The minimum absolute atomic E-state index is 0.0533. The first-order valence-electron chi connectivity index (χ1n) is 5.25. The predicted molar refractivity (Wildman–Crippen MR) is 64.0 cm³/mol. The second kappa shape index (κ2) is 6.35. The molecule has 0 radical (unpaired) electrons. The summed E-state index contributed by atoms with van der Waals surface area (Å²) in [6.07, 6.45) is -0.928. The van der Waals surface area contributed by atoms with Gasteiger partial charge in [-0.15, -0.1) is 0 Å². The van der Waals surface area contributed by atoms with Gasteiger partial charge in [-0.3, -0.25) is 9.88 Å². The van der Waals surface area contributed by atoms with Gasteiger partial charge in [0.05, 0.1) is 0 Å². The smallest absolute Gasteiger partial charge is 0.298 e. The van der Waals surface area contributed by atoms with Gasteiger partial charge in [0, 0.05) is 25.5 Å². The van der Waals surface area contributed by atoms with Crippen LogP contribution >= 0.6 is 15.9 Å². The van der Waals surface area contributed by atoms with Gasteiger partial charge in [-0.05, 0) is 24.2 Å². The van der Waals surface area contributed by atoms with Crippen LogP contribution in [0.2, 0.25) is 0 Å². The third-order valence-electron chi connectivity index (χ3n) is 2.38. The van der Waals surface area contributed by atoms with E-state index < -0.39 is 11.0 Å². The molecule has 1 aromatic rings. The van der Waals surface area contributed by atoms with Crippen molar-refractivity contribution in [2.75, 3.05) is 13.1 Å². The monoisotopic (exact) mass is 310 g/mol. The van der Waals surface area contributed by atoms with E-state index in [1.807, 2.05) is 6.92 Å². The van der Waals surface area contributed by atoms with Gasteiger partial charge >= 0.3 is 6.18 Å². The molecule has 0 aliphatic heterocycles. The highest BCUT2D eigenvalue weighted by Gasteiger charge is 2.38. The van der Waals surface area contributed by atoms with E-state index in [1.54, 1.807) is 29.4 Å². The van der Waals surface area contributed by atoms with Gasteiger partial charge in [0.25, 0.3) is 0 Å². The second-order valence-electron chi connectivity index (χ2n) is 3.69. The highest BCUT2D eigenvalue weighted by atomic mass is 79.9. The molecule has 0 bridgehead atoms. The van der Waals surface area contributed by atoms with Crippen molar-refractivity contribution in [1.29, 1.82) is 0 Å². The minimum atomic E-state index is -4.20. The molecule has 0 aliphatic rings. The number of pyridine rings is 1. The molecule has 1 unspecified atom stereocenters. The Kier molecular flexibility index (Phi) is 5.39. The summed E-state index contributed by atoms with van der Waals surface area (Å²) in [4.78, 5) is 4.12. The quantitative estimate of drug-likeness (QED) is 0.776. The zero-order chi connectivity index (χ0) is 12.9. The molecule has 0 fully saturated rings. The fourth-order valence-electron chi connectivity index (χ4n) is 1.38. The van der Waals surface area contributed by atoms with Crippen LogP contribution in [-0.2, 0) is 6.54 Å². The number of rotatable bonds is 5. The highest BCUT2D eigenvalue weighted by molar-refractivity contribution is 9.09. The molecular formula is C11H14BrF3N2. The van der Waals surface area contributed by atoms with E-state index in [-0.39, 0.29) is 6.54 Å². The summed E-state index contributed by atoms with van der Waals surface area (Å²) in [6.45, 7) is 2.86. The van der Waals surface area contributed by atoms with Crippen LogP contribution in [-0.4, -0.2) is 34.0 Å². The fraction of sp³-hybridized carbons (Fsp3) is 0.545. The first-order valence-corrected chi connectivity index (χ1v) is 6.17. The van der Waals surface area contributed by atoms with E-state index in [0.717, 1.165) is 5.56 Å². The van der Waals surface area contributed by atoms with Gasteiger partial charge < -0.3 is 0 Å². The van der Waals surface area contributed by atoms with E-state index in [9.17, 15) is 13.2 Å². The van der Waals surface area contributed by atoms with Gasteiger partial charge in [-0.2, -0.15) is 13.2 Å². The Hall–Kier alpha value is -0.620. The number of hydrogen-bond acceptors (Lipinski definition) is 2. The van der Waals surface area contributed by atoms with E-state index in [4.69, 9.17) is 0 Å². The lowest BCUT2D eigenvalue weighted by atomic mass is 10.2. The summed E-state index contributed by atoms with van der Waals surface area (Å²) < 4.78 is 37.2. The Balaban J connectivity index is 2.55. The Morgan fingerprint density at radius 1 is 1.35 bits per heavy atom. The van der Waals surface area contributed by atoms with Crippen molar-refractivity contribution in [2.24, 2.45) is 0 Å². The number of nitrogens with zero attached hydrogens (tertiary/aromatic N) is 2. The molecule has 0 amide bonds. The molecule has 1 atom stereocenters. The standard InChI is InChI=1S/C11H14BrF3N2/c1-2-17(8-10(12)11(13,14)15)7-9-3-5-16-6-4-9/h3-6,10H,2,7-8H2,1H3. The lowest BCUT2D eigenvalue weighted by Crippen LogP contribution is -2.37. The summed E-state index contributed by atoms with van der Waals surface area (Å²) in [5, 5.41) is 0. The third-order valence-corrected chi connectivity index (χ3v) is 3.19. The van der Waals surface area contributed by atoms with Crippen molar-refractivity contribution in [3.63, 3.8) is 0 Å². The Bertz CT molecular complexity index is 329. The van der Waals surface area contributed by atoms with Crippen molar-refractivity contribution in [2.45, 2.75) is 24.5 Å².